The number of aromatic nitrogens is 1. The molecule has 8 N–H and O–H groups in total. The van der Waals surface area contributed by atoms with E-state index in [1.807, 2.05) is 24.3 Å². The number of aliphatic carboxylic acids is 2. The number of para-hydroxylation sites is 1. The molecule has 1 amide bonds. The molecular formula is C16H20N4O5. The molecular weight excluding hydrogens is 328 g/mol. The molecule has 0 saturated carbocycles. The van der Waals surface area contributed by atoms with Crippen molar-refractivity contribution in [2.45, 2.75) is 31.0 Å². The third-order valence-corrected chi connectivity index (χ3v) is 3.95. The molecule has 9 nitrogen and oxygen atoms in total. The normalized spacial score (nSPS) is 14.8. The van der Waals surface area contributed by atoms with Gasteiger partial charge in [-0.1, -0.05) is 18.2 Å². The first-order chi connectivity index (χ1) is 11.8. The van der Waals surface area contributed by atoms with Gasteiger partial charge in [-0.2, -0.15) is 0 Å². The first-order valence-corrected chi connectivity index (χ1v) is 7.61. The van der Waals surface area contributed by atoms with Crippen LogP contribution < -0.4 is 16.8 Å². The summed E-state index contributed by atoms with van der Waals surface area (Å²) in [6.45, 7) is 0. The monoisotopic (exact) mass is 348 g/mol. The summed E-state index contributed by atoms with van der Waals surface area (Å²) < 4.78 is 0. The van der Waals surface area contributed by atoms with E-state index >= 15 is 0 Å². The van der Waals surface area contributed by atoms with Crippen LogP contribution in [0.4, 0.5) is 0 Å². The third kappa shape index (κ3) is 4.55. The Kier molecular flexibility index (Phi) is 5.73. The zero-order valence-corrected chi connectivity index (χ0v) is 13.3. The van der Waals surface area contributed by atoms with E-state index in [0.717, 1.165) is 16.5 Å². The Morgan fingerprint density at radius 1 is 1.12 bits per heavy atom. The first kappa shape index (κ1) is 18.4. The average molecular weight is 348 g/mol. The zero-order valence-electron chi connectivity index (χ0n) is 13.3. The number of aromatic amines is 1. The minimum atomic E-state index is -1.33. The van der Waals surface area contributed by atoms with Crippen molar-refractivity contribution in [2.24, 2.45) is 11.5 Å². The lowest BCUT2D eigenvalue weighted by Gasteiger charge is -2.22. The number of carboxylic acid groups (broad SMARTS) is 2. The average Bonchev–Trinajstić information content (AvgIpc) is 2.96. The lowest BCUT2D eigenvalue weighted by atomic mass is 10.0. The van der Waals surface area contributed by atoms with Crippen LogP contribution in [0.5, 0.6) is 0 Å². The van der Waals surface area contributed by atoms with E-state index in [9.17, 15) is 19.5 Å². The maximum Gasteiger partial charge on any atom is 0.321 e. The number of benzene rings is 1. The molecule has 1 aromatic carbocycles. The number of primary amides is 1. The van der Waals surface area contributed by atoms with E-state index in [1.165, 1.54) is 0 Å². The van der Waals surface area contributed by atoms with E-state index in [-0.39, 0.29) is 12.8 Å². The predicted octanol–water partition coefficient (Wildman–Crippen LogP) is -0.591. The molecule has 1 unspecified atom stereocenters. The molecule has 9 heteroatoms. The maximum absolute atomic E-state index is 11.6. The predicted molar refractivity (Wildman–Crippen MR) is 89.8 cm³/mol. The van der Waals surface area contributed by atoms with Crippen LogP contribution in [0.2, 0.25) is 0 Å². The number of carbonyl (C=O) groups is 3. The summed E-state index contributed by atoms with van der Waals surface area (Å²) in [5, 5.41) is 21.8. The van der Waals surface area contributed by atoms with Crippen LogP contribution in [0.15, 0.2) is 30.5 Å². The summed E-state index contributed by atoms with van der Waals surface area (Å²) >= 11 is 0. The maximum atomic E-state index is 11.6. The van der Waals surface area contributed by atoms with Crippen molar-refractivity contribution in [3.63, 3.8) is 0 Å². The van der Waals surface area contributed by atoms with Crippen molar-refractivity contribution in [1.82, 2.24) is 10.3 Å². The Labute approximate surface area is 143 Å². The number of rotatable bonds is 9. The summed E-state index contributed by atoms with van der Waals surface area (Å²) in [4.78, 5) is 37.0. The van der Waals surface area contributed by atoms with Gasteiger partial charge in [0.15, 0.2) is 0 Å². The molecule has 0 spiro atoms. The SMILES string of the molecule is NC(=O)C(C[C@@H](N)C(=O)O)N[C@@H](Cc1c[nH]c2ccccc12)C(=O)O. The highest BCUT2D eigenvalue weighted by molar-refractivity contribution is 5.85. The van der Waals surface area contributed by atoms with Gasteiger partial charge in [-0.15, -0.1) is 0 Å². The van der Waals surface area contributed by atoms with Crippen molar-refractivity contribution in [2.75, 3.05) is 0 Å². The Morgan fingerprint density at radius 3 is 2.40 bits per heavy atom. The minimum Gasteiger partial charge on any atom is -0.480 e. The van der Waals surface area contributed by atoms with Gasteiger partial charge in [-0.3, -0.25) is 19.7 Å². The summed E-state index contributed by atoms with van der Waals surface area (Å²) in [7, 11) is 0. The lowest BCUT2D eigenvalue weighted by Crippen LogP contribution is -2.53. The van der Waals surface area contributed by atoms with E-state index in [1.54, 1.807) is 6.20 Å². The van der Waals surface area contributed by atoms with Gasteiger partial charge < -0.3 is 26.7 Å². The van der Waals surface area contributed by atoms with E-state index in [2.05, 4.69) is 10.3 Å². The zero-order chi connectivity index (χ0) is 18.6. The van der Waals surface area contributed by atoms with Gasteiger partial charge in [-0.25, -0.2) is 0 Å². The largest absolute Gasteiger partial charge is 0.480 e. The highest BCUT2D eigenvalue weighted by Crippen LogP contribution is 2.19. The molecule has 1 heterocycles. The van der Waals surface area contributed by atoms with Gasteiger partial charge in [0, 0.05) is 23.5 Å². The van der Waals surface area contributed by atoms with Crippen molar-refractivity contribution >= 4 is 28.7 Å². The van der Waals surface area contributed by atoms with Crippen LogP contribution >= 0.6 is 0 Å². The van der Waals surface area contributed by atoms with Gasteiger partial charge in [0.25, 0.3) is 0 Å². The van der Waals surface area contributed by atoms with Crippen molar-refractivity contribution in [3.05, 3.63) is 36.0 Å². The molecule has 0 fully saturated rings. The van der Waals surface area contributed by atoms with Crippen molar-refractivity contribution in [3.8, 4) is 0 Å². The van der Waals surface area contributed by atoms with Crippen LogP contribution in [0, 0.1) is 0 Å². The fourth-order valence-corrected chi connectivity index (χ4v) is 2.60. The number of nitrogens with one attached hydrogen (secondary N) is 2. The number of nitrogens with two attached hydrogens (primary N) is 2. The van der Waals surface area contributed by atoms with Gasteiger partial charge in [0.2, 0.25) is 5.91 Å². The Bertz CT molecular complexity index is 788. The fraction of sp³-hybridized carbons (Fsp3) is 0.312. The Hall–Kier alpha value is -2.91. The van der Waals surface area contributed by atoms with E-state index in [0.29, 0.717) is 0 Å². The molecule has 0 aliphatic rings. The number of hydrogen-bond acceptors (Lipinski definition) is 5. The number of amides is 1. The summed E-state index contributed by atoms with van der Waals surface area (Å²) in [6.07, 6.45) is 1.48. The van der Waals surface area contributed by atoms with E-state index < -0.39 is 36.0 Å². The quantitative estimate of drug-likeness (QED) is 0.351. The molecule has 1 aromatic heterocycles. The molecule has 3 atom stereocenters. The van der Waals surface area contributed by atoms with Gasteiger partial charge in [0.05, 0.1) is 6.04 Å². The third-order valence-electron chi connectivity index (χ3n) is 3.95. The molecule has 0 aliphatic carbocycles. The van der Waals surface area contributed by atoms with Crippen LogP contribution in [0.25, 0.3) is 10.9 Å². The molecule has 0 saturated heterocycles. The number of carboxylic acids is 2. The summed E-state index contributed by atoms with van der Waals surface area (Å²) in [5.74, 6) is -3.33. The summed E-state index contributed by atoms with van der Waals surface area (Å²) in [6, 6.07) is 3.78. The lowest BCUT2D eigenvalue weighted by molar-refractivity contribution is -0.139. The number of carbonyl (C=O) groups excluding carboxylic acids is 1. The van der Waals surface area contributed by atoms with Crippen LogP contribution in [-0.2, 0) is 20.8 Å². The van der Waals surface area contributed by atoms with Crippen LogP contribution in [0.3, 0.4) is 0 Å². The molecule has 0 aliphatic heterocycles. The van der Waals surface area contributed by atoms with Gasteiger partial charge in [-0.05, 0) is 18.1 Å². The molecule has 0 radical (unpaired) electrons. The smallest absolute Gasteiger partial charge is 0.321 e. The molecule has 134 valence electrons. The van der Waals surface area contributed by atoms with Gasteiger partial charge in [0.1, 0.15) is 12.1 Å². The second kappa shape index (κ2) is 7.77. The highest BCUT2D eigenvalue weighted by atomic mass is 16.4. The minimum absolute atomic E-state index is 0.0887. The second-order valence-corrected chi connectivity index (χ2v) is 5.76. The molecule has 25 heavy (non-hydrogen) atoms. The van der Waals surface area contributed by atoms with E-state index in [4.69, 9.17) is 16.6 Å². The standard InChI is InChI=1S/C16H20N4O5/c17-10(15(22)23)6-12(14(18)21)20-13(16(24)25)5-8-7-19-11-4-2-1-3-9(8)11/h1-4,7,10,12-13,19-20H,5-6,17H2,(H2,18,21)(H,22,23)(H,24,25)/t10-,12?,13+/m1/s1. The number of fused-ring (bicyclic) bond motifs is 1. The molecule has 2 aromatic rings. The fourth-order valence-electron chi connectivity index (χ4n) is 2.60. The Morgan fingerprint density at radius 2 is 1.80 bits per heavy atom. The van der Waals surface area contributed by atoms with Crippen molar-refractivity contribution < 1.29 is 24.6 Å². The van der Waals surface area contributed by atoms with Crippen LogP contribution in [-0.4, -0.2) is 51.2 Å². The Balaban J connectivity index is 2.17. The van der Waals surface area contributed by atoms with Gasteiger partial charge >= 0.3 is 11.9 Å². The molecule has 2 rings (SSSR count). The highest BCUT2D eigenvalue weighted by Gasteiger charge is 2.29. The topological polar surface area (TPSA) is 172 Å². The summed E-state index contributed by atoms with van der Waals surface area (Å²) in [5.41, 5.74) is 12.3. The molecule has 0 bridgehead atoms. The van der Waals surface area contributed by atoms with Crippen LogP contribution in [0.1, 0.15) is 12.0 Å². The second-order valence-electron chi connectivity index (χ2n) is 5.76. The first-order valence-electron chi connectivity index (χ1n) is 7.61. The van der Waals surface area contributed by atoms with Crippen molar-refractivity contribution in [1.29, 1.82) is 0 Å². The number of H-pyrrole nitrogens is 1. The number of hydrogen-bond donors (Lipinski definition) is 6.